The molecule has 4 aromatic heterocycles. The molecule has 11 heteroatoms. The van der Waals surface area contributed by atoms with E-state index in [2.05, 4.69) is 15.6 Å². The first-order chi connectivity index (χ1) is 18.8. The molecule has 39 heavy (non-hydrogen) atoms. The smallest absolute Gasteiger partial charge is 0.225 e. The third-order valence-electron chi connectivity index (χ3n) is 7.27. The van der Waals surface area contributed by atoms with Gasteiger partial charge in [-0.15, -0.1) is 0 Å². The number of hydrogen-bond donors (Lipinski definition) is 3. The molecule has 1 aliphatic carbocycles. The number of aromatic nitrogens is 3. The number of methoxy groups -OCH3 is 1. The van der Waals surface area contributed by atoms with E-state index >= 15 is 0 Å². The summed E-state index contributed by atoms with van der Waals surface area (Å²) >= 11 is 0. The van der Waals surface area contributed by atoms with Crippen molar-refractivity contribution in [2.75, 3.05) is 24.4 Å². The number of aryl methyl sites for hydroxylation is 1. The summed E-state index contributed by atoms with van der Waals surface area (Å²) in [7, 11) is 1.64. The monoisotopic (exact) mass is 535 g/mol. The highest BCUT2D eigenvalue weighted by Crippen LogP contribution is 2.50. The molecule has 206 valence electrons. The quantitative estimate of drug-likeness (QED) is 0.277. The fraction of sp³-hybridized carbons (Fsp3) is 0.464. The SMILES string of the molecule is COCc1cc2cc(-c3c(C)nc(NCc4ccco4)nc3N[C@@]34CC[C@H](CO)[C@H]3OC(C)(C)O4)oc2cn1. The molecule has 3 N–H and O–H groups in total. The van der Waals surface area contributed by atoms with Gasteiger partial charge in [0, 0.05) is 25.0 Å². The van der Waals surface area contributed by atoms with Crippen LogP contribution in [0.15, 0.2) is 45.6 Å². The Morgan fingerprint density at radius 2 is 2.10 bits per heavy atom. The number of aliphatic hydroxyl groups excluding tert-OH is 1. The zero-order valence-corrected chi connectivity index (χ0v) is 22.5. The molecular formula is C28H33N5O6. The van der Waals surface area contributed by atoms with Crippen molar-refractivity contribution >= 4 is 22.7 Å². The second-order valence-corrected chi connectivity index (χ2v) is 10.6. The number of nitrogens with zero attached hydrogens (tertiary/aromatic N) is 3. The third kappa shape index (κ3) is 4.87. The number of furan rings is 2. The molecule has 1 saturated carbocycles. The van der Waals surface area contributed by atoms with E-state index < -0.39 is 11.5 Å². The Balaban J connectivity index is 1.42. The summed E-state index contributed by atoms with van der Waals surface area (Å²) in [5.41, 5.74) is 2.00. The van der Waals surface area contributed by atoms with E-state index in [9.17, 15) is 5.11 Å². The number of ether oxygens (including phenoxy) is 3. The van der Waals surface area contributed by atoms with Gasteiger partial charge in [-0.3, -0.25) is 4.98 Å². The number of hydrogen-bond acceptors (Lipinski definition) is 11. The Hall–Kier alpha value is -3.51. The highest BCUT2D eigenvalue weighted by molar-refractivity contribution is 5.86. The molecule has 1 saturated heterocycles. The number of fused-ring (bicyclic) bond motifs is 2. The van der Waals surface area contributed by atoms with Gasteiger partial charge in [0.05, 0.1) is 42.6 Å². The Morgan fingerprint density at radius 3 is 2.87 bits per heavy atom. The van der Waals surface area contributed by atoms with Crippen LogP contribution in [0.4, 0.5) is 11.8 Å². The van der Waals surface area contributed by atoms with Crippen LogP contribution < -0.4 is 10.6 Å². The highest BCUT2D eigenvalue weighted by Gasteiger charge is 2.60. The molecule has 4 aromatic rings. The molecule has 0 unspecified atom stereocenters. The Kier molecular flexibility index (Phi) is 6.54. The first-order valence-corrected chi connectivity index (χ1v) is 13.1. The maximum Gasteiger partial charge on any atom is 0.225 e. The second kappa shape index (κ2) is 9.91. The lowest BCUT2D eigenvalue weighted by Crippen LogP contribution is -2.46. The van der Waals surface area contributed by atoms with Crippen LogP contribution in [0.1, 0.15) is 43.8 Å². The predicted molar refractivity (Wildman–Crippen MR) is 143 cm³/mol. The topological polar surface area (TPSA) is 137 Å². The van der Waals surface area contributed by atoms with E-state index in [1.165, 1.54) is 0 Å². The summed E-state index contributed by atoms with van der Waals surface area (Å²) in [5, 5.41) is 17.8. The molecule has 2 fully saturated rings. The van der Waals surface area contributed by atoms with Gasteiger partial charge >= 0.3 is 0 Å². The first-order valence-electron chi connectivity index (χ1n) is 13.1. The summed E-state index contributed by atoms with van der Waals surface area (Å²) in [6.45, 7) is 6.53. The van der Waals surface area contributed by atoms with E-state index in [0.29, 0.717) is 53.9 Å². The fourth-order valence-electron chi connectivity index (χ4n) is 5.65. The van der Waals surface area contributed by atoms with Crippen molar-refractivity contribution in [2.45, 2.75) is 64.4 Å². The van der Waals surface area contributed by atoms with Gasteiger partial charge in [0.15, 0.2) is 17.1 Å². The molecule has 0 amide bonds. The fourth-order valence-corrected chi connectivity index (χ4v) is 5.65. The zero-order valence-electron chi connectivity index (χ0n) is 22.5. The van der Waals surface area contributed by atoms with Gasteiger partial charge in [-0.25, -0.2) is 4.98 Å². The van der Waals surface area contributed by atoms with Crippen LogP contribution >= 0.6 is 0 Å². The average molecular weight is 536 g/mol. The molecule has 2 aliphatic rings. The molecule has 0 radical (unpaired) electrons. The van der Waals surface area contributed by atoms with Crippen LogP contribution in [0, 0.1) is 12.8 Å². The van der Waals surface area contributed by atoms with Crippen molar-refractivity contribution in [1.29, 1.82) is 0 Å². The maximum absolute atomic E-state index is 10.0. The van der Waals surface area contributed by atoms with Gasteiger partial charge in [-0.1, -0.05) is 0 Å². The third-order valence-corrected chi connectivity index (χ3v) is 7.27. The normalized spacial score (nSPS) is 23.8. The van der Waals surface area contributed by atoms with Crippen LogP contribution in [0.25, 0.3) is 22.3 Å². The van der Waals surface area contributed by atoms with Crippen LogP contribution in [0.5, 0.6) is 0 Å². The minimum Gasteiger partial charge on any atom is -0.467 e. The van der Waals surface area contributed by atoms with Gasteiger partial charge in [-0.05, 0) is 57.9 Å². The number of pyridine rings is 1. The van der Waals surface area contributed by atoms with Gasteiger partial charge in [-0.2, -0.15) is 4.98 Å². The average Bonchev–Trinajstić information content (AvgIpc) is 3.65. The zero-order chi connectivity index (χ0) is 27.2. The Labute approximate surface area is 225 Å². The van der Waals surface area contributed by atoms with E-state index in [-0.39, 0.29) is 18.6 Å². The second-order valence-electron chi connectivity index (χ2n) is 10.6. The van der Waals surface area contributed by atoms with Crippen LogP contribution in [-0.2, 0) is 27.4 Å². The van der Waals surface area contributed by atoms with Gasteiger partial charge in [0.1, 0.15) is 23.4 Å². The molecule has 6 rings (SSSR count). The van der Waals surface area contributed by atoms with Gasteiger partial charge < -0.3 is 38.8 Å². The van der Waals surface area contributed by atoms with E-state index in [1.54, 1.807) is 19.6 Å². The van der Waals surface area contributed by atoms with Crippen LogP contribution in [0.3, 0.4) is 0 Å². The van der Waals surface area contributed by atoms with E-state index in [1.807, 2.05) is 45.0 Å². The van der Waals surface area contributed by atoms with Crippen molar-refractivity contribution < 1.29 is 28.2 Å². The summed E-state index contributed by atoms with van der Waals surface area (Å²) in [6.07, 6.45) is 4.38. The minimum absolute atomic E-state index is 0.0134. The first kappa shape index (κ1) is 25.8. The Bertz CT molecular complexity index is 1470. The summed E-state index contributed by atoms with van der Waals surface area (Å²) in [4.78, 5) is 14.0. The molecular weight excluding hydrogens is 502 g/mol. The Morgan fingerprint density at radius 1 is 1.23 bits per heavy atom. The van der Waals surface area contributed by atoms with Crippen molar-refractivity contribution in [1.82, 2.24) is 15.0 Å². The van der Waals surface area contributed by atoms with Crippen LogP contribution in [-0.4, -0.2) is 51.4 Å². The van der Waals surface area contributed by atoms with E-state index in [4.69, 9.17) is 33.0 Å². The number of nitrogens with one attached hydrogen (secondary N) is 2. The molecule has 11 nitrogen and oxygen atoms in total. The number of rotatable bonds is 9. The molecule has 3 atom stereocenters. The van der Waals surface area contributed by atoms with Gasteiger partial charge in [0.2, 0.25) is 5.95 Å². The standard InChI is InChI=1S/C28H33N5O6/c1-16-23(21-11-18-10-19(15-35-4)29-13-22(18)37-21)25(32-26(31-16)30-12-20-6-5-9-36-20)33-28-8-7-17(14-34)24(28)38-27(2,3)39-28/h5-6,9-11,13,17,24,34H,7-8,12,14-15H2,1-4H3,(H2,30,31,32,33)/t17-,24-,28-/m1/s1. The van der Waals surface area contributed by atoms with E-state index in [0.717, 1.165) is 23.3 Å². The maximum atomic E-state index is 10.0. The summed E-state index contributed by atoms with van der Waals surface area (Å²) < 4.78 is 29.7. The predicted octanol–water partition coefficient (Wildman–Crippen LogP) is 4.61. The molecule has 0 aromatic carbocycles. The number of anilines is 2. The minimum atomic E-state index is -0.871. The highest BCUT2D eigenvalue weighted by atomic mass is 16.8. The largest absolute Gasteiger partial charge is 0.467 e. The van der Waals surface area contributed by atoms with Crippen molar-refractivity contribution in [2.24, 2.45) is 5.92 Å². The van der Waals surface area contributed by atoms with Crippen molar-refractivity contribution in [3.05, 3.63) is 53.9 Å². The van der Waals surface area contributed by atoms with Crippen molar-refractivity contribution in [3.8, 4) is 11.3 Å². The summed E-state index contributed by atoms with van der Waals surface area (Å²) in [6, 6.07) is 7.63. The van der Waals surface area contributed by atoms with Crippen LogP contribution in [0.2, 0.25) is 0 Å². The molecule has 5 heterocycles. The number of aliphatic hydroxyl groups is 1. The van der Waals surface area contributed by atoms with Crippen molar-refractivity contribution in [3.63, 3.8) is 0 Å². The molecule has 1 aliphatic heterocycles. The molecule has 0 spiro atoms. The molecule has 0 bridgehead atoms. The van der Waals surface area contributed by atoms with Gasteiger partial charge in [0.25, 0.3) is 0 Å². The lowest BCUT2D eigenvalue weighted by atomic mass is 10.0. The summed E-state index contributed by atoms with van der Waals surface area (Å²) in [5.74, 6) is 1.45. The lowest BCUT2D eigenvalue weighted by Gasteiger charge is -2.31. The lowest BCUT2D eigenvalue weighted by molar-refractivity contribution is -0.168.